The minimum atomic E-state index is -0.463. The molecule has 0 spiro atoms. The number of nitrogens with zero attached hydrogens (tertiary/aromatic N) is 1. The highest BCUT2D eigenvalue weighted by Gasteiger charge is 2.32. The van der Waals surface area contributed by atoms with Crippen LogP contribution in [-0.2, 0) is 0 Å². The quantitative estimate of drug-likeness (QED) is 0.772. The predicted molar refractivity (Wildman–Crippen MR) is 68.8 cm³/mol. The minimum Gasteiger partial charge on any atom is -0.393 e. The predicted octanol–water partition coefficient (Wildman–Crippen LogP) is 1.63. The van der Waals surface area contributed by atoms with Crippen molar-refractivity contribution in [1.29, 1.82) is 0 Å². The summed E-state index contributed by atoms with van der Waals surface area (Å²) in [6.07, 6.45) is 4.93. The van der Waals surface area contributed by atoms with Crippen molar-refractivity contribution >= 4 is 0 Å². The molecule has 0 aromatic heterocycles. The van der Waals surface area contributed by atoms with Crippen molar-refractivity contribution in [2.75, 3.05) is 19.6 Å². The van der Waals surface area contributed by atoms with Gasteiger partial charge >= 0.3 is 0 Å². The molecule has 3 heteroatoms. The van der Waals surface area contributed by atoms with Crippen LogP contribution in [0.25, 0.3) is 0 Å². The normalized spacial score (nSPS) is 39.2. The lowest BCUT2D eigenvalue weighted by atomic mass is 9.79. The number of piperidine rings is 1. The van der Waals surface area contributed by atoms with Gasteiger partial charge in [0.2, 0.25) is 0 Å². The van der Waals surface area contributed by atoms with E-state index in [0.717, 1.165) is 51.2 Å². The maximum absolute atomic E-state index is 10.0. The van der Waals surface area contributed by atoms with Crippen molar-refractivity contribution in [3.05, 3.63) is 0 Å². The van der Waals surface area contributed by atoms with Crippen LogP contribution < -0.4 is 0 Å². The fourth-order valence-electron chi connectivity index (χ4n) is 3.23. The standard InChI is InChI=1S/C14H27NO2/c1-11-3-4-13(16)12(9-11)10-15-7-5-14(2,17)6-8-15/h11-13,16-17H,3-10H2,1-2H3. The van der Waals surface area contributed by atoms with Crippen molar-refractivity contribution in [3.8, 4) is 0 Å². The summed E-state index contributed by atoms with van der Waals surface area (Å²) in [7, 11) is 0. The Morgan fingerprint density at radius 3 is 2.53 bits per heavy atom. The van der Waals surface area contributed by atoms with Gasteiger partial charge in [0.1, 0.15) is 0 Å². The average molecular weight is 241 g/mol. The summed E-state index contributed by atoms with van der Waals surface area (Å²) < 4.78 is 0. The van der Waals surface area contributed by atoms with Crippen molar-refractivity contribution in [1.82, 2.24) is 4.90 Å². The molecule has 1 aliphatic carbocycles. The number of hydrogen-bond acceptors (Lipinski definition) is 3. The van der Waals surface area contributed by atoms with E-state index in [9.17, 15) is 10.2 Å². The Balaban J connectivity index is 1.80. The van der Waals surface area contributed by atoms with Gasteiger partial charge in [0, 0.05) is 19.6 Å². The smallest absolute Gasteiger partial charge is 0.0644 e. The van der Waals surface area contributed by atoms with Crippen molar-refractivity contribution in [2.45, 2.75) is 57.7 Å². The molecule has 3 unspecified atom stereocenters. The van der Waals surface area contributed by atoms with Gasteiger partial charge in [0.15, 0.2) is 0 Å². The third-order valence-corrected chi connectivity index (χ3v) is 4.63. The van der Waals surface area contributed by atoms with Gasteiger partial charge in [-0.3, -0.25) is 0 Å². The lowest BCUT2D eigenvalue weighted by Crippen LogP contribution is -2.46. The molecular formula is C14H27NO2. The topological polar surface area (TPSA) is 43.7 Å². The third kappa shape index (κ3) is 3.67. The van der Waals surface area contributed by atoms with Crippen molar-refractivity contribution in [3.63, 3.8) is 0 Å². The molecule has 1 saturated heterocycles. The summed E-state index contributed by atoms with van der Waals surface area (Å²) >= 11 is 0. The van der Waals surface area contributed by atoms with Gasteiger partial charge < -0.3 is 15.1 Å². The van der Waals surface area contributed by atoms with Crippen molar-refractivity contribution < 1.29 is 10.2 Å². The van der Waals surface area contributed by atoms with Crippen LogP contribution >= 0.6 is 0 Å². The van der Waals surface area contributed by atoms with Gasteiger partial charge in [0.25, 0.3) is 0 Å². The lowest BCUT2D eigenvalue weighted by Gasteiger charge is -2.40. The number of hydrogen-bond donors (Lipinski definition) is 2. The van der Waals surface area contributed by atoms with E-state index in [1.54, 1.807) is 0 Å². The molecule has 17 heavy (non-hydrogen) atoms. The fraction of sp³-hybridized carbons (Fsp3) is 1.00. The highest BCUT2D eigenvalue weighted by atomic mass is 16.3. The Kier molecular flexibility index (Phi) is 4.11. The minimum absolute atomic E-state index is 0.103. The molecule has 1 saturated carbocycles. The molecule has 2 N–H and O–H groups in total. The monoisotopic (exact) mass is 241 g/mol. The van der Waals surface area contributed by atoms with Gasteiger partial charge in [-0.25, -0.2) is 0 Å². The summed E-state index contributed by atoms with van der Waals surface area (Å²) in [5.41, 5.74) is -0.463. The molecule has 100 valence electrons. The lowest BCUT2D eigenvalue weighted by molar-refractivity contribution is -0.0240. The van der Waals surface area contributed by atoms with Gasteiger partial charge in [0.05, 0.1) is 11.7 Å². The molecule has 0 aromatic rings. The van der Waals surface area contributed by atoms with Crippen LogP contribution in [0, 0.1) is 11.8 Å². The maximum atomic E-state index is 10.0. The van der Waals surface area contributed by atoms with E-state index in [1.165, 1.54) is 6.42 Å². The van der Waals surface area contributed by atoms with Crippen molar-refractivity contribution in [2.24, 2.45) is 11.8 Å². The molecule has 3 nitrogen and oxygen atoms in total. The maximum Gasteiger partial charge on any atom is 0.0644 e. The second kappa shape index (κ2) is 5.25. The van der Waals surface area contributed by atoms with E-state index < -0.39 is 5.60 Å². The Morgan fingerprint density at radius 1 is 1.24 bits per heavy atom. The molecule has 2 aliphatic rings. The first-order valence-electron chi connectivity index (χ1n) is 7.09. The molecule has 1 aliphatic heterocycles. The summed E-state index contributed by atoms with van der Waals surface area (Å²) in [6.45, 7) is 7.19. The van der Waals surface area contributed by atoms with E-state index in [2.05, 4.69) is 11.8 Å². The zero-order valence-corrected chi connectivity index (χ0v) is 11.2. The second-order valence-corrected chi connectivity index (χ2v) is 6.54. The molecule has 2 fully saturated rings. The SMILES string of the molecule is CC1CCC(O)C(CN2CCC(C)(O)CC2)C1. The summed E-state index contributed by atoms with van der Waals surface area (Å²) in [4.78, 5) is 2.42. The summed E-state index contributed by atoms with van der Waals surface area (Å²) in [5.74, 6) is 1.21. The summed E-state index contributed by atoms with van der Waals surface area (Å²) in [5, 5.41) is 20.0. The van der Waals surface area contributed by atoms with Crippen LogP contribution in [-0.4, -0.2) is 46.5 Å². The van der Waals surface area contributed by atoms with Crippen LogP contribution in [0.5, 0.6) is 0 Å². The summed E-state index contributed by atoms with van der Waals surface area (Å²) in [6, 6.07) is 0. The van der Waals surface area contributed by atoms with Crippen LogP contribution in [0.4, 0.5) is 0 Å². The first-order valence-corrected chi connectivity index (χ1v) is 7.09. The van der Waals surface area contributed by atoms with Crippen LogP contribution in [0.1, 0.15) is 46.0 Å². The molecule has 0 bridgehead atoms. The number of aliphatic hydroxyl groups excluding tert-OH is 1. The van der Waals surface area contributed by atoms with Gasteiger partial charge in [-0.2, -0.15) is 0 Å². The van der Waals surface area contributed by atoms with Crippen LogP contribution in [0.15, 0.2) is 0 Å². The molecule has 3 atom stereocenters. The van der Waals surface area contributed by atoms with E-state index in [0.29, 0.717) is 5.92 Å². The average Bonchev–Trinajstić information content (AvgIpc) is 2.26. The second-order valence-electron chi connectivity index (χ2n) is 6.54. The Bertz CT molecular complexity index is 245. The zero-order chi connectivity index (χ0) is 12.5. The van der Waals surface area contributed by atoms with Gasteiger partial charge in [-0.15, -0.1) is 0 Å². The van der Waals surface area contributed by atoms with E-state index in [4.69, 9.17) is 0 Å². The fourth-order valence-corrected chi connectivity index (χ4v) is 3.23. The number of likely N-dealkylation sites (tertiary alicyclic amines) is 1. The Morgan fingerprint density at radius 2 is 1.88 bits per heavy atom. The third-order valence-electron chi connectivity index (χ3n) is 4.63. The highest BCUT2D eigenvalue weighted by molar-refractivity contribution is 4.85. The van der Waals surface area contributed by atoms with E-state index >= 15 is 0 Å². The Hall–Kier alpha value is -0.120. The van der Waals surface area contributed by atoms with E-state index in [1.807, 2.05) is 6.92 Å². The zero-order valence-electron chi connectivity index (χ0n) is 11.2. The Labute approximate surface area is 105 Å². The molecule has 2 rings (SSSR count). The molecule has 0 amide bonds. The molecule has 0 radical (unpaired) electrons. The van der Waals surface area contributed by atoms with Crippen LogP contribution in [0.3, 0.4) is 0 Å². The van der Waals surface area contributed by atoms with Crippen LogP contribution in [0.2, 0.25) is 0 Å². The first-order chi connectivity index (χ1) is 7.96. The highest BCUT2D eigenvalue weighted by Crippen LogP contribution is 2.31. The number of aliphatic hydroxyl groups is 2. The van der Waals surface area contributed by atoms with E-state index in [-0.39, 0.29) is 6.10 Å². The van der Waals surface area contributed by atoms with Gasteiger partial charge in [-0.1, -0.05) is 6.92 Å². The largest absolute Gasteiger partial charge is 0.393 e. The first kappa shape index (κ1) is 13.3. The molecule has 0 aromatic carbocycles. The molecular weight excluding hydrogens is 214 g/mol. The number of rotatable bonds is 2. The van der Waals surface area contributed by atoms with Gasteiger partial charge in [-0.05, 0) is 50.9 Å². The molecule has 1 heterocycles.